The molecule has 0 radical (unpaired) electrons. The average Bonchev–Trinajstić information content (AvgIpc) is 3.75. The Bertz CT molecular complexity index is 1230. The molecular formula is C34H54N6O7. The molecule has 1 saturated heterocycles. The van der Waals surface area contributed by atoms with E-state index in [1.807, 2.05) is 56.3 Å². The van der Waals surface area contributed by atoms with Crippen LogP contribution in [0.25, 0.3) is 0 Å². The molecule has 1 aliphatic heterocycles. The molecule has 1 aromatic heterocycles. The summed E-state index contributed by atoms with van der Waals surface area (Å²) in [6.45, 7) is 11.9. The highest BCUT2D eigenvalue weighted by atomic mass is 16.6. The van der Waals surface area contributed by atoms with Crippen molar-refractivity contribution in [2.45, 2.75) is 79.4 Å². The van der Waals surface area contributed by atoms with Crippen molar-refractivity contribution in [1.29, 1.82) is 5.26 Å². The lowest BCUT2D eigenvalue weighted by molar-refractivity contribution is -0.147. The number of rotatable bonds is 9. The van der Waals surface area contributed by atoms with Gasteiger partial charge in [0, 0.05) is 25.6 Å². The van der Waals surface area contributed by atoms with E-state index in [0.29, 0.717) is 12.1 Å². The fourth-order valence-electron chi connectivity index (χ4n) is 3.49. The van der Waals surface area contributed by atoms with Gasteiger partial charge in [-0.05, 0) is 42.9 Å². The number of aromatic amines is 1. The zero-order valence-electron chi connectivity index (χ0n) is 29.1. The first-order chi connectivity index (χ1) is 22.4. The van der Waals surface area contributed by atoms with E-state index in [4.69, 9.17) is 31.3 Å². The molecule has 13 heteroatoms. The molecular weight excluding hydrogens is 604 g/mol. The van der Waals surface area contributed by atoms with Gasteiger partial charge in [0.25, 0.3) is 5.91 Å². The minimum absolute atomic E-state index is 0.0312. The highest BCUT2D eigenvalue weighted by molar-refractivity contribution is 6.07. The second-order valence-electron chi connectivity index (χ2n) is 10.6. The Morgan fingerprint density at radius 2 is 1.70 bits per heavy atom. The van der Waals surface area contributed by atoms with Crippen LogP contribution in [0.1, 0.15) is 83.9 Å². The van der Waals surface area contributed by atoms with E-state index in [9.17, 15) is 14.4 Å². The number of amides is 1. The van der Waals surface area contributed by atoms with Gasteiger partial charge in [-0.25, -0.2) is 4.99 Å². The molecule has 1 aromatic carbocycles. The van der Waals surface area contributed by atoms with Crippen molar-refractivity contribution in [2.24, 2.45) is 33.3 Å². The van der Waals surface area contributed by atoms with Gasteiger partial charge in [0.2, 0.25) is 0 Å². The molecule has 0 bridgehead atoms. The van der Waals surface area contributed by atoms with Gasteiger partial charge in [0.15, 0.2) is 5.84 Å². The number of aliphatic imine (C=N–C) groups is 2. The van der Waals surface area contributed by atoms with Crippen molar-refractivity contribution in [3.8, 4) is 6.07 Å². The SMILES string of the molecule is CC#N.CC(C)C.CCC(C)C(=O)N=C(N=CN)c1ccc(C2CCC(COC(=O)Cc3ccccc3)O2)[nH]1.CO.COC(=O)CN. The molecule has 0 spiro atoms. The summed E-state index contributed by atoms with van der Waals surface area (Å²) in [5.41, 5.74) is 12.6. The Morgan fingerprint density at radius 3 is 2.19 bits per heavy atom. The van der Waals surface area contributed by atoms with Crippen LogP contribution in [-0.4, -0.2) is 73.6 Å². The summed E-state index contributed by atoms with van der Waals surface area (Å²) in [6.07, 6.45) is 3.32. The van der Waals surface area contributed by atoms with E-state index in [1.165, 1.54) is 14.0 Å². The molecule has 2 aromatic rings. The maximum Gasteiger partial charge on any atom is 0.319 e. The minimum atomic E-state index is -0.380. The van der Waals surface area contributed by atoms with Crippen LogP contribution < -0.4 is 11.5 Å². The summed E-state index contributed by atoms with van der Waals surface area (Å²) in [5.74, 6) is 0.00926. The van der Waals surface area contributed by atoms with Gasteiger partial charge in [-0.2, -0.15) is 10.3 Å². The van der Waals surface area contributed by atoms with Crippen LogP contribution in [0.3, 0.4) is 0 Å². The standard InChI is InChI=1S/C24H30N4O4.C4H10.C3H7NO2.C2H3N.CH4O/c1-3-16(2)24(30)28-23(26-15-25)20-11-10-19(27-20)21-12-9-18(32-21)14-31-22(29)13-17-7-5-4-6-8-17;1-4(2)3;1-6-3(5)2-4;1-2-3;1-2/h4-8,10-11,15-16,18,21,27H,3,9,12-14H2,1-2H3,(H2,25,26,28,30);4H,1-3H3;2,4H2,1H3;1H3;2H,1H3. The largest absolute Gasteiger partial charge is 0.468 e. The van der Waals surface area contributed by atoms with Crippen LogP contribution in [0.5, 0.6) is 0 Å². The highest BCUT2D eigenvalue weighted by Gasteiger charge is 2.29. The quantitative estimate of drug-likeness (QED) is 0.171. The summed E-state index contributed by atoms with van der Waals surface area (Å²) in [5, 5.41) is 14.3. The number of nitrogens with two attached hydrogens (primary N) is 2. The predicted molar refractivity (Wildman–Crippen MR) is 183 cm³/mol. The van der Waals surface area contributed by atoms with E-state index < -0.39 is 0 Å². The topological polar surface area (TPSA) is 215 Å². The molecule has 0 saturated carbocycles. The molecule has 0 aliphatic carbocycles. The molecule has 262 valence electrons. The van der Waals surface area contributed by atoms with Crippen LogP contribution in [0.2, 0.25) is 0 Å². The van der Waals surface area contributed by atoms with Gasteiger partial charge >= 0.3 is 11.9 Å². The number of benzene rings is 1. The Hall–Kier alpha value is -4.38. The van der Waals surface area contributed by atoms with Crippen LogP contribution in [0.4, 0.5) is 0 Å². The molecule has 3 rings (SSSR count). The zero-order valence-corrected chi connectivity index (χ0v) is 29.1. The van der Waals surface area contributed by atoms with Crippen LogP contribution in [0, 0.1) is 23.2 Å². The fourth-order valence-corrected chi connectivity index (χ4v) is 3.49. The monoisotopic (exact) mass is 658 g/mol. The molecule has 13 nitrogen and oxygen atoms in total. The van der Waals surface area contributed by atoms with Crippen LogP contribution in [-0.2, 0) is 35.0 Å². The van der Waals surface area contributed by atoms with Gasteiger partial charge in [-0.3, -0.25) is 14.4 Å². The third-order valence-corrected chi connectivity index (χ3v) is 5.87. The van der Waals surface area contributed by atoms with E-state index in [-0.39, 0.29) is 61.4 Å². The van der Waals surface area contributed by atoms with Crippen molar-refractivity contribution in [3.05, 3.63) is 59.4 Å². The molecule has 1 aliphatic rings. The number of esters is 2. The van der Waals surface area contributed by atoms with E-state index >= 15 is 0 Å². The first-order valence-electron chi connectivity index (χ1n) is 15.4. The summed E-state index contributed by atoms with van der Waals surface area (Å²) >= 11 is 0. The highest BCUT2D eigenvalue weighted by Crippen LogP contribution is 2.32. The second kappa shape index (κ2) is 27.9. The summed E-state index contributed by atoms with van der Waals surface area (Å²) in [4.78, 5) is 45.5. The summed E-state index contributed by atoms with van der Waals surface area (Å²) in [6, 6.07) is 14.9. The number of aliphatic hydroxyl groups excluding tert-OH is 1. The lowest BCUT2D eigenvalue weighted by Crippen LogP contribution is -2.19. The lowest BCUT2D eigenvalue weighted by atomic mass is 10.1. The number of ether oxygens (including phenoxy) is 3. The number of hydrogen-bond acceptors (Lipinski definition) is 9. The molecule has 1 fully saturated rings. The molecule has 47 heavy (non-hydrogen) atoms. The number of nitrogens with one attached hydrogen (secondary N) is 1. The minimum Gasteiger partial charge on any atom is -0.468 e. The number of H-pyrrole nitrogens is 1. The van der Waals surface area contributed by atoms with Gasteiger partial charge in [0.1, 0.15) is 6.61 Å². The van der Waals surface area contributed by atoms with Gasteiger partial charge in [-0.1, -0.05) is 65.0 Å². The van der Waals surface area contributed by atoms with Gasteiger partial charge in [0.05, 0.1) is 50.4 Å². The lowest BCUT2D eigenvalue weighted by Gasteiger charge is -2.13. The number of methoxy groups -OCH3 is 1. The normalized spacial score (nSPS) is 15.6. The van der Waals surface area contributed by atoms with Gasteiger partial charge < -0.3 is 35.8 Å². The maximum atomic E-state index is 12.2. The van der Waals surface area contributed by atoms with Crippen molar-refractivity contribution in [2.75, 3.05) is 27.4 Å². The fraction of sp³-hybridized carbons (Fsp3) is 0.529. The molecule has 6 N–H and O–H groups in total. The van der Waals surface area contributed by atoms with Crippen molar-refractivity contribution in [3.63, 3.8) is 0 Å². The number of aromatic nitrogens is 1. The average molecular weight is 659 g/mol. The number of nitriles is 1. The molecule has 2 heterocycles. The Labute approximate surface area is 279 Å². The third-order valence-electron chi connectivity index (χ3n) is 5.87. The summed E-state index contributed by atoms with van der Waals surface area (Å²) in [7, 11) is 2.30. The van der Waals surface area contributed by atoms with Crippen molar-refractivity contribution in [1.82, 2.24) is 4.98 Å². The van der Waals surface area contributed by atoms with Crippen molar-refractivity contribution < 1.29 is 33.7 Å². The number of hydrogen-bond donors (Lipinski definition) is 4. The number of aliphatic hydroxyl groups is 1. The number of amidine groups is 1. The Kier molecular flexibility index (Phi) is 26.6. The van der Waals surface area contributed by atoms with Crippen LogP contribution >= 0.6 is 0 Å². The van der Waals surface area contributed by atoms with E-state index in [0.717, 1.165) is 43.5 Å². The van der Waals surface area contributed by atoms with Crippen molar-refractivity contribution >= 4 is 30.0 Å². The second-order valence-corrected chi connectivity index (χ2v) is 10.6. The smallest absolute Gasteiger partial charge is 0.319 e. The Balaban J connectivity index is 0. The molecule has 3 unspecified atom stereocenters. The number of carbonyl (C=O) groups excluding carboxylic acids is 3. The molecule has 3 atom stereocenters. The van der Waals surface area contributed by atoms with E-state index in [2.05, 4.69) is 40.5 Å². The Morgan fingerprint density at radius 1 is 1.11 bits per heavy atom. The molecule has 1 amide bonds. The number of carbonyl (C=O) groups is 3. The van der Waals surface area contributed by atoms with Crippen LogP contribution in [0.15, 0.2) is 52.4 Å². The third kappa shape index (κ3) is 21.1. The first-order valence-corrected chi connectivity index (χ1v) is 15.4. The maximum absolute atomic E-state index is 12.2. The first kappa shape index (κ1) is 44.7. The van der Waals surface area contributed by atoms with Gasteiger partial charge in [-0.15, -0.1) is 0 Å². The zero-order chi connectivity index (χ0) is 36.2. The van der Waals surface area contributed by atoms with E-state index in [1.54, 1.807) is 6.07 Å². The summed E-state index contributed by atoms with van der Waals surface area (Å²) < 4.78 is 15.6. The predicted octanol–water partition coefficient (Wildman–Crippen LogP) is 4.25. The number of nitrogens with zero attached hydrogens (tertiary/aromatic N) is 3.